The molecule has 0 saturated heterocycles. The fourth-order valence-electron chi connectivity index (χ4n) is 3.14. The fraction of sp³-hybridized carbons (Fsp3) is 0.318. The van der Waals surface area contributed by atoms with Gasteiger partial charge in [-0.15, -0.1) is 0 Å². The van der Waals surface area contributed by atoms with E-state index >= 15 is 0 Å². The van der Waals surface area contributed by atoms with E-state index < -0.39 is 5.69 Å². The van der Waals surface area contributed by atoms with Gasteiger partial charge in [-0.05, 0) is 42.2 Å². The molecule has 2 aromatic carbocycles. The summed E-state index contributed by atoms with van der Waals surface area (Å²) in [5.74, 6) is 0.217. The molecule has 152 valence electrons. The van der Waals surface area contributed by atoms with Crippen molar-refractivity contribution >= 4 is 28.4 Å². The Bertz CT molecular complexity index is 1130. The molecule has 1 N–H and O–H groups in total. The molecule has 1 heterocycles. The highest BCUT2D eigenvalue weighted by Crippen LogP contribution is 2.11. The van der Waals surface area contributed by atoms with E-state index in [0.717, 1.165) is 16.6 Å². The lowest BCUT2D eigenvalue weighted by Gasteiger charge is -2.14. The third-order valence-corrected chi connectivity index (χ3v) is 4.98. The van der Waals surface area contributed by atoms with Crippen molar-refractivity contribution in [1.29, 1.82) is 0 Å². The van der Waals surface area contributed by atoms with Gasteiger partial charge in [-0.2, -0.15) is 0 Å². The van der Waals surface area contributed by atoms with Crippen LogP contribution in [0.2, 0.25) is 5.02 Å². The molecule has 0 atom stereocenters. The van der Waals surface area contributed by atoms with Crippen LogP contribution in [0.25, 0.3) is 10.9 Å². The molecule has 29 heavy (non-hydrogen) atoms. The minimum absolute atomic E-state index is 0.106. The van der Waals surface area contributed by atoms with Crippen molar-refractivity contribution < 1.29 is 4.79 Å². The number of para-hydroxylation sites is 1. The number of nitrogens with one attached hydrogen (secondary N) is 1. The summed E-state index contributed by atoms with van der Waals surface area (Å²) in [5, 5.41) is 3.82. The van der Waals surface area contributed by atoms with E-state index in [2.05, 4.69) is 19.2 Å². The first-order valence-electron chi connectivity index (χ1n) is 9.60. The van der Waals surface area contributed by atoms with E-state index in [4.69, 9.17) is 11.6 Å². The van der Waals surface area contributed by atoms with Crippen LogP contribution in [-0.4, -0.2) is 21.6 Å². The average molecular weight is 414 g/mol. The predicted molar refractivity (Wildman–Crippen MR) is 115 cm³/mol. The average Bonchev–Trinajstić information content (AvgIpc) is 2.69. The summed E-state index contributed by atoms with van der Waals surface area (Å²) < 4.78 is 2.52. The van der Waals surface area contributed by atoms with E-state index in [1.54, 1.807) is 48.5 Å². The van der Waals surface area contributed by atoms with Crippen molar-refractivity contribution in [3.63, 3.8) is 0 Å². The molecule has 0 saturated carbocycles. The number of hydrogen-bond acceptors (Lipinski definition) is 3. The molecule has 0 aliphatic rings. The fourth-order valence-corrected chi connectivity index (χ4v) is 3.26. The maximum atomic E-state index is 13.1. The van der Waals surface area contributed by atoms with E-state index in [1.807, 2.05) is 0 Å². The first-order chi connectivity index (χ1) is 13.9. The maximum Gasteiger partial charge on any atom is 0.332 e. The molecule has 1 amide bonds. The van der Waals surface area contributed by atoms with Crippen LogP contribution in [0, 0.1) is 5.92 Å². The van der Waals surface area contributed by atoms with Gasteiger partial charge in [0.1, 0.15) is 6.54 Å². The molecular weight excluding hydrogens is 390 g/mol. The number of hydrogen-bond donors (Lipinski definition) is 1. The van der Waals surface area contributed by atoms with Crippen LogP contribution in [0.4, 0.5) is 0 Å². The Hall–Kier alpha value is -2.86. The number of amides is 1. The molecule has 0 unspecified atom stereocenters. The normalized spacial score (nSPS) is 11.2. The molecule has 7 heteroatoms. The summed E-state index contributed by atoms with van der Waals surface area (Å²) in [4.78, 5) is 38.5. The molecule has 6 nitrogen and oxygen atoms in total. The Morgan fingerprint density at radius 2 is 1.72 bits per heavy atom. The molecule has 0 aliphatic heterocycles. The molecule has 3 aromatic rings. The van der Waals surface area contributed by atoms with Crippen LogP contribution in [0.5, 0.6) is 0 Å². The molecule has 0 radical (unpaired) electrons. The number of carbonyl (C=O) groups is 1. The zero-order valence-electron chi connectivity index (χ0n) is 16.5. The quantitative estimate of drug-likeness (QED) is 0.647. The van der Waals surface area contributed by atoms with Crippen molar-refractivity contribution in [2.75, 3.05) is 6.54 Å². The Balaban J connectivity index is 2.00. The summed E-state index contributed by atoms with van der Waals surface area (Å²) in [6.07, 6.45) is 0.859. The summed E-state index contributed by atoms with van der Waals surface area (Å²) >= 11 is 5.92. The van der Waals surface area contributed by atoms with Crippen molar-refractivity contribution in [2.45, 2.75) is 33.4 Å². The first-order valence-corrected chi connectivity index (χ1v) is 9.98. The standard InChI is InChI=1S/C22H24ClN3O3/c1-15(2)11-12-24-20(27)14-25-19-6-4-3-5-18(19)21(28)26(22(25)29)13-16-7-9-17(23)10-8-16/h3-10,15H,11-14H2,1-2H3,(H,24,27). The van der Waals surface area contributed by atoms with Gasteiger partial charge < -0.3 is 5.32 Å². The third kappa shape index (κ3) is 4.95. The van der Waals surface area contributed by atoms with Crippen LogP contribution in [0.3, 0.4) is 0 Å². The molecule has 0 bridgehead atoms. The molecule has 3 rings (SSSR count). The van der Waals surface area contributed by atoms with Gasteiger partial charge in [0.25, 0.3) is 5.56 Å². The Morgan fingerprint density at radius 1 is 1.03 bits per heavy atom. The second kappa shape index (κ2) is 9.09. The minimum Gasteiger partial charge on any atom is -0.355 e. The van der Waals surface area contributed by atoms with Gasteiger partial charge in [-0.3, -0.25) is 18.7 Å². The number of benzene rings is 2. The lowest BCUT2D eigenvalue weighted by atomic mass is 10.1. The van der Waals surface area contributed by atoms with Crippen molar-refractivity contribution in [3.05, 3.63) is 80.0 Å². The van der Waals surface area contributed by atoms with E-state index in [9.17, 15) is 14.4 Å². The SMILES string of the molecule is CC(C)CCNC(=O)Cn1c(=O)n(Cc2ccc(Cl)cc2)c(=O)c2ccccc21. The van der Waals surface area contributed by atoms with Gasteiger partial charge in [0.2, 0.25) is 5.91 Å². The molecule has 0 aliphatic carbocycles. The van der Waals surface area contributed by atoms with Crippen LogP contribution in [0.15, 0.2) is 58.1 Å². The van der Waals surface area contributed by atoms with Gasteiger partial charge in [0, 0.05) is 11.6 Å². The van der Waals surface area contributed by atoms with Crippen molar-refractivity contribution in [2.24, 2.45) is 5.92 Å². The van der Waals surface area contributed by atoms with E-state index in [1.165, 1.54) is 4.57 Å². The Morgan fingerprint density at radius 3 is 2.41 bits per heavy atom. The number of fused-ring (bicyclic) bond motifs is 1. The van der Waals surface area contributed by atoms with Crippen LogP contribution in [0.1, 0.15) is 25.8 Å². The smallest absolute Gasteiger partial charge is 0.332 e. The topological polar surface area (TPSA) is 73.1 Å². The zero-order valence-corrected chi connectivity index (χ0v) is 17.3. The second-order valence-corrected chi connectivity index (χ2v) is 7.87. The van der Waals surface area contributed by atoms with Crippen LogP contribution in [-0.2, 0) is 17.9 Å². The predicted octanol–water partition coefficient (Wildman–Crippen LogP) is 3.03. The van der Waals surface area contributed by atoms with Gasteiger partial charge in [-0.25, -0.2) is 4.79 Å². The van der Waals surface area contributed by atoms with Gasteiger partial charge in [-0.1, -0.05) is 49.7 Å². The molecule has 1 aromatic heterocycles. The van der Waals surface area contributed by atoms with E-state index in [-0.39, 0.29) is 24.6 Å². The molecule has 0 spiro atoms. The van der Waals surface area contributed by atoms with Gasteiger partial charge in [0.05, 0.1) is 17.4 Å². The number of nitrogens with zero attached hydrogens (tertiary/aromatic N) is 2. The number of rotatable bonds is 7. The highest BCUT2D eigenvalue weighted by Gasteiger charge is 2.15. The molecule has 0 fully saturated rings. The second-order valence-electron chi connectivity index (χ2n) is 7.44. The van der Waals surface area contributed by atoms with E-state index in [0.29, 0.717) is 28.4 Å². The number of halogens is 1. The summed E-state index contributed by atoms with van der Waals surface area (Å²) in [5.41, 5.74) is 0.338. The lowest BCUT2D eigenvalue weighted by Crippen LogP contribution is -2.43. The highest BCUT2D eigenvalue weighted by molar-refractivity contribution is 6.30. The van der Waals surface area contributed by atoms with Crippen LogP contribution < -0.4 is 16.6 Å². The maximum absolute atomic E-state index is 13.1. The monoisotopic (exact) mass is 413 g/mol. The largest absolute Gasteiger partial charge is 0.355 e. The summed E-state index contributed by atoms with van der Waals surface area (Å²) in [6.45, 7) is 4.67. The van der Waals surface area contributed by atoms with Crippen molar-refractivity contribution in [1.82, 2.24) is 14.5 Å². The third-order valence-electron chi connectivity index (χ3n) is 4.73. The Kier molecular flexibility index (Phi) is 6.54. The lowest BCUT2D eigenvalue weighted by molar-refractivity contribution is -0.121. The summed E-state index contributed by atoms with van der Waals surface area (Å²) in [6, 6.07) is 13.8. The number of carbonyl (C=O) groups excluding carboxylic acids is 1. The zero-order chi connectivity index (χ0) is 21.0. The minimum atomic E-state index is -0.511. The van der Waals surface area contributed by atoms with Gasteiger partial charge in [0.15, 0.2) is 0 Å². The number of aromatic nitrogens is 2. The van der Waals surface area contributed by atoms with Crippen molar-refractivity contribution in [3.8, 4) is 0 Å². The summed E-state index contributed by atoms with van der Waals surface area (Å²) in [7, 11) is 0. The first kappa shape index (κ1) is 20.9. The Labute approximate surface area is 173 Å². The van der Waals surface area contributed by atoms with Gasteiger partial charge >= 0.3 is 5.69 Å². The highest BCUT2D eigenvalue weighted by atomic mass is 35.5. The van der Waals surface area contributed by atoms with Crippen LogP contribution >= 0.6 is 11.6 Å². The molecular formula is C22H24ClN3O3.